The van der Waals surface area contributed by atoms with Gasteiger partial charge in [-0.2, -0.15) is 0 Å². The number of ether oxygens (including phenoxy) is 2. The highest BCUT2D eigenvalue weighted by Crippen LogP contribution is 2.11. The van der Waals surface area contributed by atoms with Gasteiger partial charge < -0.3 is 9.47 Å². The van der Waals surface area contributed by atoms with Gasteiger partial charge in [-0.05, 0) is 25.1 Å². The van der Waals surface area contributed by atoms with Gasteiger partial charge in [0.1, 0.15) is 6.10 Å². The van der Waals surface area contributed by atoms with E-state index in [4.69, 9.17) is 9.47 Å². The van der Waals surface area contributed by atoms with E-state index in [0.29, 0.717) is 6.61 Å². The summed E-state index contributed by atoms with van der Waals surface area (Å²) in [5, 5.41) is 0. The first kappa shape index (κ1) is 13.7. The van der Waals surface area contributed by atoms with Crippen molar-refractivity contribution in [2.45, 2.75) is 13.0 Å². The summed E-state index contributed by atoms with van der Waals surface area (Å²) in [6.45, 7) is 2.20. The fraction of sp³-hybridized carbons (Fsp3) is 0.417. The van der Waals surface area contributed by atoms with E-state index in [2.05, 4.69) is 0 Å². The van der Waals surface area contributed by atoms with Crippen molar-refractivity contribution in [3.63, 3.8) is 0 Å². The number of carbonyl (C=O) groups excluding carboxylic acids is 1. The van der Waals surface area contributed by atoms with Crippen LogP contribution in [0, 0.1) is 11.6 Å². The number of halogens is 2. The predicted molar refractivity (Wildman–Crippen MR) is 58.0 cm³/mol. The second kappa shape index (κ2) is 6.42. The summed E-state index contributed by atoms with van der Waals surface area (Å²) in [5.74, 6) is -2.41. The molecule has 1 atom stereocenters. The normalized spacial score (nSPS) is 12.5. The van der Waals surface area contributed by atoms with Gasteiger partial charge in [0.2, 0.25) is 0 Å². The molecule has 0 heterocycles. The highest BCUT2D eigenvalue weighted by molar-refractivity contribution is 5.99. The van der Waals surface area contributed by atoms with E-state index in [1.54, 1.807) is 6.92 Å². The van der Waals surface area contributed by atoms with Crippen LogP contribution in [0.25, 0.3) is 0 Å². The van der Waals surface area contributed by atoms with Crippen LogP contribution < -0.4 is 0 Å². The highest BCUT2D eigenvalue weighted by Gasteiger charge is 2.17. The molecule has 0 aliphatic rings. The minimum Gasteiger partial charge on any atom is -0.382 e. The SMILES string of the molecule is COCCOC(C)C(=O)c1ccc(F)c(F)c1. The van der Waals surface area contributed by atoms with Crippen molar-refractivity contribution in [1.29, 1.82) is 0 Å². The van der Waals surface area contributed by atoms with Gasteiger partial charge in [-0.3, -0.25) is 4.79 Å². The summed E-state index contributed by atoms with van der Waals surface area (Å²) < 4.78 is 35.5. The van der Waals surface area contributed by atoms with E-state index in [9.17, 15) is 13.6 Å². The van der Waals surface area contributed by atoms with Crippen LogP contribution in [0.4, 0.5) is 8.78 Å². The lowest BCUT2D eigenvalue weighted by Crippen LogP contribution is -2.22. The second-order valence-corrected chi connectivity index (χ2v) is 3.50. The van der Waals surface area contributed by atoms with Crippen LogP contribution in [0.1, 0.15) is 17.3 Å². The summed E-state index contributed by atoms with van der Waals surface area (Å²) in [6, 6.07) is 3.02. The zero-order valence-corrected chi connectivity index (χ0v) is 9.70. The van der Waals surface area contributed by atoms with E-state index in [-0.39, 0.29) is 18.0 Å². The summed E-state index contributed by atoms with van der Waals surface area (Å²) in [7, 11) is 1.52. The van der Waals surface area contributed by atoms with Crippen LogP contribution in [0.5, 0.6) is 0 Å². The topological polar surface area (TPSA) is 35.5 Å². The van der Waals surface area contributed by atoms with Crippen molar-refractivity contribution in [2.24, 2.45) is 0 Å². The molecule has 0 bridgehead atoms. The third kappa shape index (κ3) is 3.87. The number of methoxy groups -OCH3 is 1. The third-order valence-corrected chi connectivity index (χ3v) is 2.23. The van der Waals surface area contributed by atoms with Crippen LogP contribution in [0.3, 0.4) is 0 Å². The predicted octanol–water partition coefficient (Wildman–Crippen LogP) is 2.20. The van der Waals surface area contributed by atoms with Gasteiger partial charge in [0, 0.05) is 12.7 Å². The molecule has 17 heavy (non-hydrogen) atoms. The lowest BCUT2D eigenvalue weighted by Gasteiger charge is -2.11. The fourth-order valence-electron chi connectivity index (χ4n) is 1.27. The minimum absolute atomic E-state index is 0.0915. The Morgan fingerprint density at radius 2 is 2.00 bits per heavy atom. The van der Waals surface area contributed by atoms with E-state index in [0.717, 1.165) is 12.1 Å². The van der Waals surface area contributed by atoms with Crippen LogP contribution in [0.2, 0.25) is 0 Å². The lowest BCUT2D eigenvalue weighted by atomic mass is 10.1. The van der Waals surface area contributed by atoms with Gasteiger partial charge in [0.15, 0.2) is 17.4 Å². The van der Waals surface area contributed by atoms with E-state index in [1.807, 2.05) is 0 Å². The molecular formula is C12H14F2O3. The van der Waals surface area contributed by atoms with Crippen LogP contribution in [0.15, 0.2) is 18.2 Å². The van der Waals surface area contributed by atoms with Gasteiger partial charge >= 0.3 is 0 Å². The number of hydrogen-bond donors (Lipinski definition) is 0. The Bertz CT molecular complexity index is 393. The molecular weight excluding hydrogens is 230 g/mol. The fourth-order valence-corrected chi connectivity index (χ4v) is 1.27. The molecule has 1 rings (SSSR count). The van der Waals surface area contributed by atoms with Crippen molar-refractivity contribution in [1.82, 2.24) is 0 Å². The zero-order chi connectivity index (χ0) is 12.8. The van der Waals surface area contributed by atoms with Crippen molar-refractivity contribution in [3.8, 4) is 0 Å². The lowest BCUT2D eigenvalue weighted by molar-refractivity contribution is 0.0256. The van der Waals surface area contributed by atoms with Crippen molar-refractivity contribution in [3.05, 3.63) is 35.4 Å². The zero-order valence-electron chi connectivity index (χ0n) is 9.70. The molecule has 1 unspecified atom stereocenters. The van der Waals surface area contributed by atoms with Gasteiger partial charge in [0.05, 0.1) is 13.2 Å². The molecule has 0 aromatic heterocycles. The molecule has 0 saturated heterocycles. The molecule has 0 aliphatic heterocycles. The maximum atomic E-state index is 12.9. The van der Waals surface area contributed by atoms with Crippen LogP contribution in [-0.2, 0) is 9.47 Å². The summed E-state index contributed by atoms with van der Waals surface area (Å²) in [4.78, 5) is 11.7. The van der Waals surface area contributed by atoms with Gasteiger partial charge in [-0.15, -0.1) is 0 Å². The molecule has 1 aromatic carbocycles. The minimum atomic E-state index is -1.04. The molecule has 0 aliphatic carbocycles. The van der Waals surface area contributed by atoms with E-state index < -0.39 is 17.7 Å². The molecule has 5 heteroatoms. The first-order valence-electron chi connectivity index (χ1n) is 5.16. The average Bonchev–Trinajstić information content (AvgIpc) is 2.32. The first-order chi connectivity index (χ1) is 8.06. The first-order valence-corrected chi connectivity index (χ1v) is 5.16. The highest BCUT2D eigenvalue weighted by atomic mass is 19.2. The summed E-state index contributed by atoms with van der Waals surface area (Å²) >= 11 is 0. The molecule has 0 fully saturated rings. The van der Waals surface area contributed by atoms with Crippen molar-refractivity contribution < 1.29 is 23.0 Å². The van der Waals surface area contributed by atoms with Gasteiger partial charge in [-0.1, -0.05) is 0 Å². The Hall–Kier alpha value is -1.33. The Morgan fingerprint density at radius 1 is 1.29 bits per heavy atom. The van der Waals surface area contributed by atoms with Crippen molar-refractivity contribution >= 4 is 5.78 Å². The molecule has 0 amide bonds. The summed E-state index contributed by atoms with van der Waals surface area (Å²) in [6.07, 6.45) is -0.713. The van der Waals surface area contributed by atoms with Crippen LogP contribution >= 0.6 is 0 Å². The van der Waals surface area contributed by atoms with Crippen molar-refractivity contribution in [2.75, 3.05) is 20.3 Å². The maximum Gasteiger partial charge on any atom is 0.191 e. The summed E-state index contributed by atoms with van der Waals surface area (Å²) in [5.41, 5.74) is 0.0915. The Morgan fingerprint density at radius 3 is 2.59 bits per heavy atom. The number of carbonyl (C=O) groups is 1. The van der Waals surface area contributed by atoms with Gasteiger partial charge in [0.25, 0.3) is 0 Å². The van der Waals surface area contributed by atoms with E-state index in [1.165, 1.54) is 13.2 Å². The Labute approximate surface area is 98.3 Å². The average molecular weight is 244 g/mol. The third-order valence-electron chi connectivity index (χ3n) is 2.23. The molecule has 0 N–H and O–H groups in total. The second-order valence-electron chi connectivity index (χ2n) is 3.50. The standard InChI is InChI=1S/C12H14F2O3/c1-8(17-6-5-16-2)12(15)9-3-4-10(13)11(14)7-9/h3-4,7-8H,5-6H2,1-2H3. The maximum absolute atomic E-state index is 12.9. The number of rotatable bonds is 6. The molecule has 3 nitrogen and oxygen atoms in total. The molecule has 1 aromatic rings. The largest absolute Gasteiger partial charge is 0.382 e. The quantitative estimate of drug-likeness (QED) is 0.568. The number of hydrogen-bond acceptors (Lipinski definition) is 3. The smallest absolute Gasteiger partial charge is 0.191 e. The van der Waals surface area contributed by atoms with E-state index >= 15 is 0 Å². The Balaban J connectivity index is 2.65. The molecule has 0 radical (unpaired) electrons. The Kier molecular flexibility index (Phi) is 5.18. The molecule has 94 valence electrons. The molecule has 0 saturated carbocycles. The number of Topliss-reactive ketones (excluding diaryl/α,β-unsaturated/α-hetero) is 1. The molecule has 0 spiro atoms. The van der Waals surface area contributed by atoms with Gasteiger partial charge in [-0.25, -0.2) is 8.78 Å². The number of ketones is 1. The van der Waals surface area contributed by atoms with Crippen LogP contribution in [-0.4, -0.2) is 32.2 Å². The number of benzene rings is 1. The monoisotopic (exact) mass is 244 g/mol.